The van der Waals surface area contributed by atoms with Crippen LogP contribution in [0.15, 0.2) is 80.6 Å². The summed E-state index contributed by atoms with van der Waals surface area (Å²) < 4.78 is 18.6. The van der Waals surface area contributed by atoms with Gasteiger partial charge in [-0.1, -0.05) is 30.4 Å². The van der Waals surface area contributed by atoms with Crippen molar-refractivity contribution in [2.24, 2.45) is 10.1 Å². The quantitative estimate of drug-likeness (QED) is 0.292. The smallest absolute Gasteiger partial charge is 0.206 e. The highest BCUT2D eigenvalue weighted by Crippen LogP contribution is 2.29. The van der Waals surface area contributed by atoms with Crippen LogP contribution in [-0.4, -0.2) is 31.7 Å². The molecule has 2 heterocycles. The molecule has 2 aromatic heterocycles. The van der Waals surface area contributed by atoms with Crippen LogP contribution in [0.5, 0.6) is 11.5 Å². The summed E-state index contributed by atoms with van der Waals surface area (Å²) in [5.41, 5.74) is 3.52. The van der Waals surface area contributed by atoms with Gasteiger partial charge in [-0.25, -0.2) is 4.68 Å². The van der Waals surface area contributed by atoms with Gasteiger partial charge in [-0.2, -0.15) is 5.10 Å². The lowest BCUT2D eigenvalue weighted by Crippen LogP contribution is -2.12. The van der Waals surface area contributed by atoms with E-state index in [1.54, 1.807) is 25.1 Å². The number of para-hydroxylation sites is 1. The van der Waals surface area contributed by atoms with Gasteiger partial charge >= 0.3 is 0 Å². The Kier molecular flexibility index (Phi) is 6.04. The number of benzene rings is 2. The predicted octanol–water partition coefficient (Wildman–Crippen LogP) is 5.34. The Balaban J connectivity index is 1.79. The molecule has 2 aromatic carbocycles. The molecule has 0 atom stereocenters. The number of aromatic nitrogens is 1. The van der Waals surface area contributed by atoms with Gasteiger partial charge in [0.05, 0.1) is 27.0 Å². The van der Waals surface area contributed by atoms with Crippen molar-refractivity contribution in [3.63, 3.8) is 0 Å². The van der Waals surface area contributed by atoms with E-state index in [1.807, 2.05) is 60.8 Å². The van der Waals surface area contributed by atoms with Crippen LogP contribution in [0.2, 0.25) is 0 Å². The van der Waals surface area contributed by atoms with Gasteiger partial charge in [0.15, 0.2) is 17.3 Å². The molecule has 158 valence electrons. The highest BCUT2D eigenvalue weighted by Gasteiger charge is 2.13. The maximum absolute atomic E-state index is 6.07. The molecule has 4 rings (SSSR count). The second-order valence-electron chi connectivity index (χ2n) is 7.00. The number of methoxy groups -OCH3 is 2. The molecule has 0 aliphatic carbocycles. The van der Waals surface area contributed by atoms with E-state index in [1.165, 1.54) is 11.3 Å². The molecule has 31 heavy (non-hydrogen) atoms. The zero-order valence-corrected chi connectivity index (χ0v) is 18.5. The van der Waals surface area contributed by atoms with Crippen LogP contribution in [0.3, 0.4) is 0 Å². The van der Waals surface area contributed by atoms with Crippen LogP contribution in [0, 0.1) is 0 Å². The van der Waals surface area contributed by atoms with Gasteiger partial charge < -0.3 is 13.9 Å². The van der Waals surface area contributed by atoms with Crippen LogP contribution in [-0.2, 0) is 0 Å². The first-order valence-corrected chi connectivity index (χ1v) is 10.6. The molecule has 0 aliphatic rings. The fourth-order valence-corrected chi connectivity index (χ4v) is 3.88. The molecule has 0 amide bonds. The normalized spacial score (nSPS) is 12.0. The molecule has 7 heteroatoms. The maximum Gasteiger partial charge on any atom is 0.206 e. The van der Waals surface area contributed by atoms with Crippen molar-refractivity contribution in [2.45, 2.75) is 6.92 Å². The number of fused-ring (bicyclic) bond motifs is 1. The van der Waals surface area contributed by atoms with Crippen molar-refractivity contribution in [3.8, 4) is 23.0 Å². The van der Waals surface area contributed by atoms with Gasteiger partial charge in [0.1, 0.15) is 11.3 Å². The van der Waals surface area contributed by atoms with Crippen molar-refractivity contribution in [1.29, 1.82) is 0 Å². The van der Waals surface area contributed by atoms with Gasteiger partial charge in [-0.15, -0.1) is 11.3 Å². The number of hydrogen-bond acceptors (Lipinski definition) is 6. The molecular formula is C24H23N3O3S. The van der Waals surface area contributed by atoms with E-state index in [4.69, 9.17) is 19.0 Å². The summed E-state index contributed by atoms with van der Waals surface area (Å²) >= 11 is 1.51. The molecule has 4 aromatic rings. The standard InChI is InChI=1S/C24H23N3O3S/c1-16(2)13-25-24-27(26-14-17-9-10-21(28-3)23(11-17)29-4)19(15-31-24)22-12-18-7-5-6-8-20(18)30-22/h5-12,14-15H,1,13H2,2-4H3. The Morgan fingerprint density at radius 2 is 1.94 bits per heavy atom. The number of furan rings is 1. The number of hydrogen-bond donors (Lipinski definition) is 0. The molecule has 0 spiro atoms. The van der Waals surface area contributed by atoms with Crippen molar-refractivity contribution >= 4 is 28.5 Å². The van der Waals surface area contributed by atoms with E-state index in [-0.39, 0.29) is 0 Å². The van der Waals surface area contributed by atoms with Crippen molar-refractivity contribution in [2.75, 3.05) is 20.8 Å². The van der Waals surface area contributed by atoms with Crippen LogP contribution in [0.25, 0.3) is 22.4 Å². The minimum Gasteiger partial charge on any atom is -0.493 e. The summed E-state index contributed by atoms with van der Waals surface area (Å²) in [4.78, 5) is 5.42. The van der Waals surface area contributed by atoms with Gasteiger partial charge in [0, 0.05) is 10.8 Å². The minimum absolute atomic E-state index is 0.534. The molecule has 6 nitrogen and oxygen atoms in total. The molecule has 0 saturated heterocycles. The first-order valence-electron chi connectivity index (χ1n) is 9.70. The van der Waals surface area contributed by atoms with Crippen molar-refractivity contribution in [1.82, 2.24) is 4.68 Å². The Bertz CT molecular complexity index is 1290. The molecule has 0 fully saturated rings. The topological polar surface area (TPSA) is 61.2 Å². The Labute approximate surface area is 184 Å². The summed E-state index contributed by atoms with van der Waals surface area (Å²) in [6, 6.07) is 15.6. The van der Waals surface area contributed by atoms with Gasteiger partial charge in [0.25, 0.3) is 0 Å². The summed E-state index contributed by atoms with van der Waals surface area (Å²) in [5, 5.41) is 7.76. The van der Waals surface area contributed by atoms with Gasteiger partial charge in [-0.3, -0.25) is 4.99 Å². The number of nitrogens with zero attached hydrogens (tertiary/aromatic N) is 3. The Hall–Kier alpha value is -3.58. The zero-order chi connectivity index (χ0) is 21.8. The summed E-state index contributed by atoms with van der Waals surface area (Å²) in [7, 11) is 3.22. The monoisotopic (exact) mass is 433 g/mol. The van der Waals surface area contributed by atoms with Crippen LogP contribution in [0.4, 0.5) is 0 Å². The van der Waals surface area contributed by atoms with Crippen molar-refractivity contribution < 1.29 is 13.9 Å². The third kappa shape index (κ3) is 4.46. The third-order valence-electron chi connectivity index (χ3n) is 4.58. The fourth-order valence-electron chi connectivity index (χ4n) is 3.06. The van der Waals surface area contributed by atoms with Crippen LogP contribution in [0.1, 0.15) is 12.5 Å². The summed E-state index contributed by atoms with van der Waals surface area (Å²) in [6.07, 6.45) is 1.76. The fraction of sp³-hybridized carbons (Fsp3) is 0.167. The second-order valence-corrected chi connectivity index (χ2v) is 7.83. The minimum atomic E-state index is 0.534. The summed E-state index contributed by atoms with van der Waals surface area (Å²) in [5.74, 6) is 2.05. The van der Waals surface area contributed by atoms with Gasteiger partial charge in [-0.05, 0) is 42.8 Å². The predicted molar refractivity (Wildman–Crippen MR) is 125 cm³/mol. The lowest BCUT2D eigenvalue weighted by molar-refractivity contribution is 0.355. The average Bonchev–Trinajstić information content (AvgIpc) is 3.39. The Morgan fingerprint density at radius 3 is 2.68 bits per heavy atom. The first-order chi connectivity index (χ1) is 15.1. The van der Waals surface area contributed by atoms with E-state index >= 15 is 0 Å². The molecule has 0 bridgehead atoms. The second kappa shape index (κ2) is 9.06. The van der Waals surface area contributed by atoms with E-state index in [0.29, 0.717) is 18.0 Å². The van der Waals surface area contributed by atoms with Crippen LogP contribution >= 0.6 is 11.3 Å². The highest BCUT2D eigenvalue weighted by atomic mass is 32.1. The van der Waals surface area contributed by atoms with E-state index in [2.05, 4.69) is 11.6 Å². The van der Waals surface area contributed by atoms with E-state index < -0.39 is 0 Å². The number of thiazole rings is 1. The first kappa shape index (κ1) is 20.7. The van der Waals surface area contributed by atoms with Crippen molar-refractivity contribution in [3.05, 3.63) is 76.4 Å². The van der Waals surface area contributed by atoms with E-state index in [0.717, 1.165) is 38.4 Å². The van der Waals surface area contributed by atoms with E-state index in [9.17, 15) is 0 Å². The largest absolute Gasteiger partial charge is 0.493 e. The SMILES string of the molecule is C=C(C)CN=c1scc(-c2cc3ccccc3o2)n1N=Cc1ccc(OC)c(OC)c1. The van der Waals surface area contributed by atoms with Crippen LogP contribution < -0.4 is 14.3 Å². The molecule has 0 saturated carbocycles. The number of rotatable bonds is 7. The molecule has 0 radical (unpaired) electrons. The molecule has 0 N–H and O–H groups in total. The third-order valence-corrected chi connectivity index (χ3v) is 5.43. The van der Waals surface area contributed by atoms with Gasteiger partial charge in [0.2, 0.25) is 4.80 Å². The molecular weight excluding hydrogens is 410 g/mol. The summed E-state index contributed by atoms with van der Waals surface area (Å²) in [6.45, 7) is 6.43. The molecule has 0 unspecified atom stereocenters. The number of ether oxygens (including phenoxy) is 2. The zero-order valence-electron chi connectivity index (χ0n) is 17.7. The highest BCUT2D eigenvalue weighted by molar-refractivity contribution is 7.07. The lowest BCUT2D eigenvalue weighted by Gasteiger charge is -2.07. The average molecular weight is 434 g/mol. The maximum atomic E-state index is 6.07. The Morgan fingerprint density at radius 1 is 1.13 bits per heavy atom. The lowest BCUT2D eigenvalue weighted by atomic mass is 10.2. The molecule has 0 aliphatic heterocycles.